The van der Waals surface area contributed by atoms with E-state index in [-0.39, 0.29) is 5.92 Å². The molecule has 1 aliphatic carbocycles. The fourth-order valence-electron chi connectivity index (χ4n) is 9.95. The van der Waals surface area contributed by atoms with Crippen LogP contribution in [-0.2, 0) is 11.8 Å². The lowest BCUT2D eigenvalue weighted by atomic mass is 9.67. The Morgan fingerprint density at radius 3 is 1.85 bits per heavy atom. The van der Waals surface area contributed by atoms with Gasteiger partial charge >= 0.3 is 0 Å². The molecule has 4 nitrogen and oxygen atoms in total. The molecule has 0 spiro atoms. The average Bonchev–Trinajstić information content (AvgIpc) is 3.85. The summed E-state index contributed by atoms with van der Waals surface area (Å²) in [4.78, 5) is 15.5. The molecule has 0 fully saturated rings. The molecular formula is C57H43N3O. The number of hydrogen-bond donors (Lipinski definition) is 0. The zero-order valence-electron chi connectivity index (χ0n) is 34.2. The molecule has 292 valence electrons. The van der Waals surface area contributed by atoms with E-state index >= 15 is 0 Å². The highest BCUT2D eigenvalue weighted by Gasteiger charge is 2.46. The van der Waals surface area contributed by atoms with Gasteiger partial charge in [-0.15, -0.1) is 0 Å². The fourth-order valence-corrected chi connectivity index (χ4v) is 9.95. The van der Waals surface area contributed by atoms with Crippen molar-refractivity contribution in [2.75, 3.05) is 0 Å². The molecule has 8 aromatic carbocycles. The zero-order chi connectivity index (χ0) is 40.9. The maximum atomic E-state index is 6.49. The molecule has 2 heterocycles. The van der Waals surface area contributed by atoms with E-state index in [1.165, 1.54) is 55.6 Å². The van der Waals surface area contributed by atoms with Gasteiger partial charge in [-0.2, -0.15) is 0 Å². The Labute approximate surface area is 356 Å². The lowest BCUT2D eigenvalue weighted by molar-refractivity contribution is 0.635. The van der Waals surface area contributed by atoms with Gasteiger partial charge < -0.3 is 4.42 Å². The second kappa shape index (κ2) is 15.0. The summed E-state index contributed by atoms with van der Waals surface area (Å²) in [5.41, 5.74) is 15.8. The second-order valence-electron chi connectivity index (χ2n) is 16.2. The van der Waals surface area contributed by atoms with E-state index in [0.717, 1.165) is 45.3 Å². The molecule has 1 unspecified atom stereocenters. The van der Waals surface area contributed by atoms with Gasteiger partial charge in [0.1, 0.15) is 17.0 Å². The zero-order valence-corrected chi connectivity index (χ0v) is 34.2. The number of aromatic nitrogens is 3. The van der Waals surface area contributed by atoms with Crippen molar-refractivity contribution in [3.63, 3.8) is 0 Å². The summed E-state index contributed by atoms with van der Waals surface area (Å²) in [6.07, 6.45) is 1.56. The second-order valence-corrected chi connectivity index (χ2v) is 16.2. The summed E-state index contributed by atoms with van der Waals surface area (Å²) in [5, 5.41) is 2.13. The Kier molecular flexibility index (Phi) is 9.00. The molecule has 1 atom stereocenters. The molecule has 0 aliphatic heterocycles. The van der Waals surface area contributed by atoms with Gasteiger partial charge in [0.2, 0.25) is 0 Å². The van der Waals surface area contributed by atoms with Gasteiger partial charge in [0, 0.05) is 22.8 Å². The maximum Gasteiger partial charge on any atom is 0.167 e. The molecule has 10 aromatic rings. The van der Waals surface area contributed by atoms with Crippen LogP contribution in [0.15, 0.2) is 199 Å². The summed E-state index contributed by atoms with van der Waals surface area (Å²) in [5.74, 6) is 2.17. The third kappa shape index (κ3) is 6.01. The number of fused-ring (bicyclic) bond motifs is 6. The minimum absolute atomic E-state index is 0.143. The van der Waals surface area contributed by atoms with Crippen LogP contribution < -0.4 is 0 Å². The molecular weight excluding hydrogens is 743 g/mol. The van der Waals surface area contributed by atoms with Crippen molar-refractivity contribution in [1.82, 2.24) is 15.0 Å². The maximum absolute atomic E-state index is 6.49. The van der Waals surface area contributed by atoms with Crippen LogP contribution in [0.5, 0.6) is 0 Å². The van der Waals surface area contributed by atoms with Crippen LogP contribution in [0.2, 0.25) is 0 Å². The summed E-state index contributed by atoms with van der Waals surface area (Å²) >= 11 is 0. The summed E-state index contributed by atoms with van der Waals surface area (Å²) in [6, 6.07) is 69.5. The van der Waals surface area contributed by atoms with Gasteiger partial charge in [0.05, 0.1) is 11.0 Å². The first kappa shape index (κ1) is 36.6. The van der Waals surface area contributed by atoms with Crippen molar-refractivity contribution in [1.29, 1.82) is 0 Å². The highest BCUT2D eigenvalue weighted by molar-refractivity contribution is 6.09. The van der Waals surface area contributed by atoms with Crippen molar-refractivity contribution >= 4 is 21.9 Å². The number of para-hydroxylation sites is 2. The van der Waals surface area contributed by atoms with Crippen LogP contribution in [-0.4, -0.2) is 15.0 Å². The first-order valence-electron chi connectivity index (χ1n) is 21.3. The molecule has 0 saturated carbocycles. The fraction of sp³-hybridized carbons (Fsp3) is 0.105. The van der Waals surface area contributed by atoms with E-state index in [9.17, 15) is 0 Å². The first-order chi connectivity index (χ1) is 30.1. The van der Waals surface area contributed by atoms with Gasteiger partial charge in [-0.05, 0) is 93.1 Å². The predicted molar refractivity (Wildman–Crippen MR) is 249 cm³/mol. The topological polar surface area (TPSA) is 51.8 Å². The van der Waals surface area contributed by atoms with Crippen LogP contribution >= 0.6 is 0 Å². The molecule has 0 amide bonds. The predicted octanol–water partition coefficient (Wildman–Crippen LogP) is 14.2. The van der Waals surface area contributed by atoms with E-state index in [1.807, 2.05) is 36.4 Å². The lowest BCUT2D eigenvalue weighted by Gasteiger charge is -2.34. The molecule has 1 aliphatic rings. The third-order valence-electron chi connectivity index (χ3n) is 12.8. The number of furan rings is 1. The number of hydrogen-bond acceptors (Lipinski definition) is 4. The standard InChI is InChI=1S/C57H43N3O/c1-3-38(35-53-58-55(39-20-7-4-8-21-39)60-56(59-53)47-31-19-30-46-45-29-16-18-33-52(45)61-54(46)47)42-26-13-14-27-43(42)48-36-49-44-28-15-17-32-50(44)57(51(49)34-37(48)2,40-22-9-5-10-23-40)41-24-11-6-12-25-41/h4-34,36,38H,3,35H2,1-2H3. The van der Waals surface area contributed by atoms with Crippen LogP contribution in [0.25, 0.3) is 67.0 Å². The molecule has 61 heavy (non-hydrogen) atoms. The quantitative estimate of drug-likeness (QED) is 0.146. The van der Waals surface area contributed by atoms with Gasteiger partial charge in [0.25, 0.3) is 0 Å². The molecule has 0 saturated heterocycles. The lowest BCUT2D eigenvalue weighted by Crippen LogP contribution is -2.28. The van der Waals surface area contributed by atoms with E-state index in [1.54, 1.807) is 0 Å². The minimum atomic E-state index is -0.442. The van der Waals surface area contributed by atoms with Crippen molar-refractivity contribution < 1.29 is 4.42 Å². The normalized spacial score (nSPS) is 13.3. The van der Waals surface area contributed by atoms with Gasteiger partial charge in [0.15, 0.2) is 11.6 Å². The van der Waals surface area contributed by atoms with Crippen LogP contribution in [0.3, 0.4) is 0 Å². The molecule has 2 aromatic heterocycles. The van der Waals surface area contributed by atoms with Gasteiger partial charge in [-0.25, -0.2) is 15.0 Å². The Bertz CT molecular complexity index is 3190. The van der Waals surface area contributed by atoms with Crippen molar-refractivity contribution in [2.45, 2.75) is 38.0 Å². The number of benzene rings is 8. The number of aryl methyl sites for hydroxylation is 1. The molecule has 0 bridgehead atoms. The molecule has 0 N–H and O–H groups in total. The Hall–Kier alpha value is -7.43. The Balaban J connectivity index is 1.04. The van der Waals surface area contributed by atoms with E-state index in [2.05, 4.69) is 172 Å². The third-order valence-corrected chi connectivity index (χ3v) is 12.8. The molecule has 4 heteroatoms. The van der Waals surface area contributed by atoms with Crippen LogP contribution in [0, 0.1) is 6.92 Å². The highest BCUT2D eigenvalue weighted by Crippen LogP contribution is 2.57. The number of rotatable bonds is 9. The average molecular weight is 786 g/mol. The summed E-state index contributed by atoms with van der Waals surface area (Å²) < 4.78 is 6.49. The summed E-state index contributed by atoms with van der Waals surface area (Å²) in [7, 11) is 0. The Morgan fingerprint density at radius 2 is 1.10 bits per heavy atom. The van der Waals surface area contributed by atoms with E-state index in [4.69, 9.17) is 19.4 Å². The largest absolute Gasteiger partial charge is 0.455 e. The van der Waals surface area contributed by atoms with Crippen LogP contribution in [0.4, 0.5) is 0 Å². The molecule has 0 radical (unpaired) electrons. The minimum Gasteiger partial charge on any atom is -0.455 e. The van der Waals surface area contributed by atoms with Gasteiger partial charge in [-0.1, -0.05) is 183 Å². The van der Waals surface area contributed by atoms with E-state index in [0.29, 0.717) is 18.1 Å². The van der Waals surface area contributed by atoms with Gasteiger partial charge in [-0.3, -0.25) is 0 Å². The monoisotopic (exact) mass is 785 g/mol. The Morgan fingerprint density at radius 1 is 0.492 bits per heavy atom. The summed E-state index contributed by atoms with van der Waals surface area (Å²) in [6.45, 7) is 4.55. The SMILES string of the molecule is CCC(Cc1nc(-c2ccccc2)nc(-c2cccc3c2oc2ccccc23)n1)c1ccccc1-c1cc2c(cc1C)C(c1ccccc1)(c1ccccc1)c1ccccc1-2. The van der Waals surface area contributed by atoms with E-state index < -0.39 is 5.41 Å². The van der Waals surface area contributed by atoms with Crippen LogP contribution in [0.1, 0.15) is 58.5 Å². The van der Waals surface area contributed by atoms with Crippen molar-refractivity contribution in [3.05, 3.63) is 233 Å². The molecule has 11 rings (SSSR count). The first-order valence-corrected chi connectivity index (χ1v) is 21.3. The number of nitrogens with zero attached hydrogens (tertiary/aromatic N) is 3. The smallest absolute Gasteiger partial charge is 0.167 e. The highest BCUT2D eigenvalue weighted by atomic mass is 16.3. The van der Waals surface area contributed by atoms with Crippen molar-refractivity contribution in [3.8, 4) is 45.0 Å². The van der Waals surface area contributed by atoms with Crippen molar-refractivity contribution in [2.24, 2.45) is 0 Å².